The molecular weight excluding hydrogens is 280 g/mol. The van der Waals surface area contributed by atoms with Crippen molar-refractivity contribution in [3.05, 3.63) is 48.3 Å². The summed E-state index contributed by atoms with van der Waals surface area (Å²) < 4.78 is 0. The molecule has 1 aromatic heterocycles. The van der Waals surface area contributed by atoms with E-state index in [1.54, 1.807) is 12.4 Å². The molecule has 5 nitrogen and oxygen atoms in total. The average Bonchev–Trinajstić information content (AvgIpc) is 3.01. The summed E-state index contributed by atoms with van der Waals surface area (Å²) in [6, 6.07) is 9.59. The lowest BCUT2D eigenvalue weighted by molar-refractivity contribution is -0.141. The van der Waals surface area contributed by atoms with Crippen LogP contribution in [0, 0.1) is 5.92 Å². The second-order valence-corrected chi connectivity index (χ2v) is 5.18. The highest BCUT2D eigenvalue weighted by atomic mass is 16.4. The molecule has 1 heterocycles. The SMILES string of the molecule is CCCC(CNC(=O)c1c[nH]cc1-c1ccccc1)C(=O)O. The quantitative estimate of drug-likeness (QED) is 0.735. The van der Waals surface area contributed by atoms with Gasteiger partial charge in [0, 0.05) is 24.5 Å². The molecule has 0 aliphatic heterocycles. The molecule has 1 aromatic carbocycles. The summed E-state index contributed by atoms with van der Waals surface area (Å²) in [5, 5.41) is 11.8. The third kappa shape index (κ3) is 3.75. The fourth-order valence-corrected chi connectivity index (χ4v) is 2.38. The molecule has 1 amide bonds. The predicted molar refractivity (Wildman–Crippen MR) is 84.6 cm³/mol. The molecule has 0 saturated carbocycles. The maximum atomic E-state index is 12.3. The molecule has 0 aliphatic rings. The number of carbonyl (C=O) groups is 2. The van der Waals surface area contributed by atoms with Crippen LogP contribution in [0.1, 0.15) is 30.1 Å². The number of aliphatic carboxylic acids is 1. The Hall–Kier alpha value is -2.56. The van der Waals surface area contributed by atoms with E-state index in [4.69, 9.17) is 5.11 Å². The van der Waals surface area contributed by atoms with Crippen LogP contribution in [0.2, 0.25) is 0 Å². The summed E-state index contributed by atoms with van der Waals surface area (Å²) in [7, 11) is 0. The second kappa shape index (κ2) is 7.45. The van der Waals surface area contributed by atoms with Crippen LogP contribution in [0.15, 0.2) is 42.7 Å². The Morgan fingerprint density at radius 2 is 1.95 bits per heavy atom. The Morgan fingerprint density at radius 3 is 2.59 bits per heavy atom. The Balaban J connectivity index is 2.08. The van der Waals surface area contributed by atoms with Crippen molar-refractivity contribution in [1.29, 1.82) is 0 Å². The Morgan fingerprint density at radius 1 is 1.23 bits per heavy atom. The summed E-state index contributed by atoms with van der Waals surface area (Å²) in [5.41, 5.74) is 2.27. The normalized spacial score (nSPS) is 11.9. The van der Waals surface area contributed by atoms with Crippen molar-refractivity contribution in [3.63, 3.8) is 0 Å². The molecule has 0 saturated heterocycles. The number of carboxylic acids is 1. The van der Waals surface area contributed by atoms with Gasteiger partial charge in [0.2, 0.25) is 0 Å². The van der Waals surface area contributed by atoms with Crippen LogP contribution < -0.4 is 5.32 Å². The first kappa shape index (κ1) is 15.8. The van der Waals surface area contributed by atoms with E-state index in [0.717, 1.165) is 17.5 Å². The lowest BCUT2D eigenvalue weighted by atomic mass is 10.0. The number of carboxylic acid groups (broad SMARTS) is 1. The molecule has 0 aliphatic carbocycles. The van der Waals surface area contributed by atoms with E-state index in [9.17, 15) is 9.59 Å². The van der Waals surface area contributed by atoms with Gasteiger partial charge < -0.3 is 15.4 Å². The van der Waals surface area contributed by atoms with Crippen LogP contribution in [-0.4, -0.2) is 28.5 Å². The third-order valence-corrected chi connectivity index (χ3v) is 3.57. The highest BCUT2D eigenvalue weighted by molar-refractivity contribution is 6.00. The zero-order valence-corrected chi connectivity index (χ0v) is 12.5. The zero-order valence-electron chi connectivity index (χ0n) is 12.5. The number of benzene rings is 1. The first-order valence-corrected chi connectivity index (χ1v) is 7.36. The number of aromatic amines is 1. The summed E-state index contributed by atoms with van der Waals surface area (Å²) >= 11 is 0. The minimum Gasteiger partial charge on any atom is -0.481 e. The fraction of sp³-hybridized carbons (Fsp3) is 0.294. The molecule has 5 heteroatoms. The molecule has 1 atom stereocenters. The molecular formula is C17H20N2O3. The monoisotopic (exact) mass is 300 g/mol. The molecule has 0 spiro atoms. The standard InChI is InChI=1S/C17H20N2O3/c1-2-6-13(17(21)22)9-19-16(20)15-11-18-10-14(15)12-7-4-3-5-8-12/h3-5,7-8,10-11,13,18H,2,6,9H2,1H3,(H,19,20)(H,21,22). The van der Waals surface area contributed by atoms with E-state index in [-0.39, 0.29) is 12.5 Å². The zero-order chi connectivity index (χ0) is 15.9. The summed E-state index contributed by atoms with van der Waals surface area (Å²) in [4.78, 5) is 26.4. The van der Waals surface area contributed by atoms with Gasteiger partial charge in [0.05, 0.1) is 11.5 Å². The van der Waals surface area contributed by atoms with Crippen molar-refractivity contribution >= 4 is 11.9 Å². The van der Waals surface area contributed by atoms with Gasteiger partial charge in [-0.25, -0.2) is 0 Å². The first-order chi connectivity index (χ1) is 10.6. The first-order valence-electron chi connectivity index (χ1n) is 7.36. The molecule has 0 radical (unpaired) electrons. The summed E-state index contributed by atoms with van der Waals surface area (Å²) in [6.45, 7) is 2.07. The van der Waals surface area contributed by atoms with Gasteiger partial charge in [-0.2, -0.15) is 0 Å². The second-order valence-electron chi connectivity index (χ2n) is 5.18. The highest BCUT2D eigenvalue weighted by Crippen LogP contribution is 2.23. The maximum absolute atomic E-state index is 12.3. The van der Waals surface area contributed by atoms with Gasteiger partial charge in [-0.3, -0.25) is 9.59 Å². The van der Waals surface area contributed by atoms with Gasteiger partial charge in [0.1, 0.15) is 0 Å². The number of hydrogen-bond donors (Lipinski definition) is 3. The van der Waals surface area contributed by atoms with Crippen molar-refractivity contribution in [3.8, 4) is 11.1 Å². The van der Waals surface area contributed by atoms with E-state index in [0.29, 0.717) is 12.0 Å². The van der Waals surface area contributed by atoms with Crippen LogP contribution in [0.4, 0.5) is 0 Å². The number of H-pyrrole nitrogens is 1. The lowest BCUT2D eigenvalue weighted by Gasteiger charge is -2.12. The highest BCUT2D eigenvalue weighted by Gasteiger charge is 2.19. The Kier molecular flexibility index (Phi) is 5.36. The molecule has 2 aromatic rings. The van der Waals surface area contributed by atoms with Gasteiger partial charge in [-0.1, -0.05) is 43.7 Å². The van der Waals surface area contributed by atoms with Crippen LogP contribution in [0.3, 0.4) is 0 Å². The number of amides is 1. The average molecular weight is 300 g/mol. The minimum absolute atomic E-state index is 0.140. The minimum atomic E-state index is -0.875. The van der Waals surface area contributed by atoms with Crippen LogP contribution in [-0.2, 0) is 4.79 Å². The van der Waals surface area contributed by atoms with Crippen LogP contribution in [0.25, 0.3) is 11.1 Å². The van der Waals surface area contributed by atoms with Crippen molar-refractivity contribution < 1.29 is 14.7 Å². The van der Waals surface area contributed by atoms with E-state index in [1.807, 2.05) is 37.3 Å². The van der Waals surface area contributed by atoms with Crippen molar-refractivity contribution in [2.45, 2.75) is 19.8 Å². The van der Waals surface area contributed by atoms with E-state index in [1.165, 1.54) is 0 Å². The van der Waals surface area contributed by atoms with Crippen molar-refractivity contribution in [2.24, 2.45) is 5.92 Å². The molecule has 22 heavy (non-hydrogen) atoms. The third-order valence-electron chi connectivity index (χ3n) is 3.57. The molecule has 3 N–H and O–H groups in total. The Labute approximate surface area is 129 Å². The van der Waals surface area contributed by atoms with Gasteiger partial charge in [0.25, 0.3) is 5.91 Å². The number of nitrogens with one attached hydrogen (secondary N) is 2. The number of aromatic nitrogens is 1. The number of hydrogen-bond acceptors (Lipinski definition) is 2. The van der Waals surface area contributed by atoms with Crippen LogP contribution >= 0.6 is 0 Å². The fourth-order valence-electron chi connectivity index (χ4n) is 2.38. The lowest BCUT2D eigenvalue weighted by Crippen LogP contribution is -2.33. The van der Waals surface area contributed by atoms with Gasteiger partial charge >= 0.3 is 5.97 Å². The summed E-state index contributed by atoms with van der Waals surface area (Å²) in [5.74, 6) is -1.69. The number of rotatable bonds is 7. The van der Waals surface area contributed by atoms with Gasteiger partial charge in [0.15, 0.2) is 0 Å². The maximum Gasteiger partial charge on any atom is 0.308 e. The molecule has 0 fully saturated rings. The van der Waals surface area contributed by atoms with Gasteiger partial charge in [-0.05, 0) is 12.0 Å². The molecule has 2 rings (SSSR count). The van der Waals surface area contributed by atoms with Crippen LogP contribution in [0.5, 0.6) is 0 Å². The predicted octanol–water partition coefficient (Wildman–Crippen LogP) is 2.91. The smallest absolute Gasteiger partial charge is 0.308 e. The summed E-state index contributed by atoms with van der Waals surface area (Å²) in [6.07, 6.45) is 4.72. The molecule has 1 unspecified atom stereocenters. The van der Waals surface area contributed by atoms with E-state index < -0.39 is 11.9 Å². The Bertz CT molecular complexity index is 634. The largest absolute Gasteiger partial charge is 0.481 e. The van der Waals surface area contributed by atoms with Gasteiger partial charge in [-0.15, -0.1) is 0 Å². The van der Waals surface area contributed by atoms with E-state index >= 15 is 0 Å². The number of carbonyl (C=O) groups excluding carboxylic acids is 1. The molecule has 116 valence electrons. The van der Waals surface area contributed by atoms with E-state index in [2.05, 4.69) is 10.3 Å². The molecule has 0 bridgehead atoms. The van der Waals surface area contributed by atoms with Crippen molar-refractivity contribution in [1.82, 2.24) is 10.3 Å². The topological polar surface area (TPSA) is 82.2 Å². The van der Waals surface area contributed by atoms with Crippen molar-refractivity contribution in [2.75, 3.05) is 6.54 Å².